The number of fused-ring (bicyclic) bond motifs is 1. The third-order valence-electron chi connectivity index (χ3n) is 4.41. The van der Waals surface area contributed by atoms with Crippen molar-refractivity contribution in [2.45, 2.75) is 6.92 Å². The van der Waals surface area contributed by atoms with Gasteiger partial charge in [0.25, 0.3) is 5.91 Å². The average Bonchev–Trinajstić information content (AvgIpc) is 3.12. The van der Waals surface area contributed by atoms with Crippen LogP contribution in [0.4, 0.5) is 5.13 Å². The number of thiazole rings is 1. The van der Waals surface area contributed by atoms with E-state index in [2.05, 4.69) is 0 Å². The first-order chi connectivity index (χ1) is 13.4. The lowest BCUT2D eigenvalue weighted by atomic mass is 10.1. The lowest BCUT2D eigenvalue weighted by molar-refractivity contribution is 0.0985. The molecular formula is C21H26ClN3O3S. The molecule has 0 aliphatic rings. The average molecular weight is 436 g/mol. The summed E-state index contributed by atoms with van der Waals surface area (Å²) in [5, 5.41) is 0.631. The van der Waals surface area contributed by atoms with Crippen LogP contribution >= 0.6 is 23.7 Å². The van der Waals surface area contributed by atoms with Gasteiger partial charge in [-0.1, -0.05) is 29.0 Å². The van der Waals surface area contributed by atoms with E-state index in [1.54, 1.807) is 19.1 Å². The first-order valence-corrected chi connectivity index (χ1v) is 9.81. The lowest BCUT2D eigenvalue weighted by Gasteiger charge is -2.22. The summed E-state index contributed by atoms with van der Waals surface area (Å²) in [4.78, 5) is 21.8. The zero-order valence-electron chi connectivity index (χ0n) is 17.3. The molecule has 0 bridgehead atoms. The fourth-order valence-corrected chi connectivity index (χ4v) is 4.01. The Kier molecular flexibility index (Phi) is 7.84. The Morgan fingerprint density at radius 1 is 1.07 bits per heavy atom. The lowest BCUT2D eigenvalue weighted by Crippen LogP contribution is -2.36. The zero-order chi connectivity index (χ0) is 20.3. The minimum absolute atomic E-state index is 0. The molecule has 1 heterocycles. The minimum Gasteiger partial charge on any atom is -0.495 e. The molecule has 156 valence electrons. The molecule has 2 aromatic carbocycles. The van der Waals surface area contributed by atoms with E-state index in [-0.39, 0.29) is 18.3 Å². The second-order valence-electron chi connectivity index (χ2n) is 6.77. The van der Waals surface area contributed by atoms with Gasteiger partial charge in [-0.25, -0.2) is 4.98 Å². The number of amides is 1. The Bertz CT molecular complexity index is 949. The molecule has 6 nitrogen and oxygen atoms in total. The summed E-state index contributed by atoms with van der Waals surface area (Å²) in [5.74, 6) is 1.31. The van der Waals surface area contributed by atoms with E-state index in [9.17, 15) is 4.79 Å². The molecule has 0 fully saturated rings. The van der Waals surface area contributed by atoms with Crippen molar-refractivity contribution in [3.05, 3.63) is 47.5 Å². The van der Waals surface area contributed by atoms with Crippen LogP contribution in [0.3, 0.4) is 0 Å². The maximum Gasteiger partial charge on any atom is 0.260 e. The number of nitrogens with zero attached hydrogens (tertiary/aromatic N) is 3. The Hall–Kier alpha value is -2.35. The number of likely N-dealkylation sites (N-methyl/N-ethyl adjacent to an activating group) is 1. The second-order valence-corrected chi connectivity index (χ2v) is 7.75. The molecule has 29 heavy (non-hydrogen) atoms. The van der Waals surface area contributed by atoms with Gasteiger partial charge in [0.1, 0.15) is 21.7 Å². The molecule has 0 radical (unpaired) electrons. The molecule has 0 unspecified atom stereocenters. The summed E-state index contributed by atoms with van der Waals surface area (Å²) in [6.45, 7) is 3.24. The van der Waals surface area contributed by atoms with E-state index in [1.165, 1.54) is 11.3 Å². The SMILES string of the molecule is COc1ccc(OC)c2sc(N(CCN(C)C)C(=O)c3cccc(C)c3)nc12.Cl. The number of rotatable bonds is 7. The van der Waals surface area contributed by atoms with Gasteiger partial charge in [-0.15, -0.1) is 12.4 Å². The van der Waals surface area contributed by atoms with E-state index in [0.717, 1.165) is 22.6 Å². The number of carbonyl (C=O) groups is 1. The standard InChI is InChI=1S/C21H25N3O3S.ClH/c1-14-7-6-8-15(13-14)20(25)24(12-11-23(2)3)21-22-18-16(26-4)9-10-17(27-5)19(18)28-21;/h6-10,13H,11-12H2,1-5H3;1H. The fraction of sp³-hybridized carbons (Fsp3) is 0.333. The van der Waals surface area contributed by atoms with Crippen LogP contribution in [0.2, 0.25) is 0 Å². The molecule has 8 heteroatoms. The number of methoxy groups -OCH3 is 2. The van der Waals surface area contributed by atoms with Crippen LogP contribution in [0.15, 0.2) is 36.4 Å². The molecule has 0 spiro atoms. The number of aryl methyl sites for hydroxylation is 1. The number of carbonyl (C=O) groups excluding carboxylic acids is 1. The van der Waals surface area contributed by atoms with Crippen molar-refractivity contribution >= 4 is 45.0 Å². The second kappa shape index (κ2) is 9.91. The number of hydrogen-bond acceptors (Lipinski definition) is 6. The molecule has 0 atom stereocenters. The molecule has 3 aromatic rings. The van der Waals surface area contributed by atoms with E-state index in [4.69, 9.17) is 14.5 Å². The number of halogens is 1. The van der Waals surface area contributed by atoms with Crippen LogP contribution in [0.5, 0.6) is 11.5 Å². The molecule has 0 N–H and O–H groups in total. The number of hydrogen-bond donors (Lipinski definition) is 0. The van der Waals surface area contributed by atoms with Crippen molar-refractivity contribution in [2.75, 3.05) is 46.3 Å². The maximum atomic E-state index is 13.3. The van der Waals surface area contributed by atoms with Crippen molar-refractivity contribution in [1.29, 1.82) is 0 Å². The first-order valence-electron chi connectivity index (χ1n) is 8.99. The predicted octanol–water partition coefficient (Wildman–Crippen LogP) is 4.25. The van der Waals surface area contributed by atoms with Gasteiger partial charge in [0, 0.05) is 18.7 Å². The normalized spacial score (nSPS) is 10.7. The van der Waals surface area contributed by atoms with Crippen LogP contribution in [0.1, 0.15) is 15.9 Å². The van der Waals surface area contributed by atoms with Gasteiger partial charge in [0.05, 0.1) is 14.2 Å². The fourth-order valence-electron chi connectivity index (χ4n) is 2.91. The number of benzene rings is 2. The Morgan fingerprint density at radius 3 is 2.38 bits per heavy atom. The van der Waals surface area contributed by atoms with E-state index in [0.29, 0.717) is 28.5 Å². The number of aromatic nitrogens is 1. The number of anilines is 1. The van der Waals surface area contributed by atoms with Crippen molar-refractivity contribution < 1.29 is 14.3 Å². The van der Waals surface area contributed by atoms with Crippen LogP contribution < -0.4 is 14.4 Å². The van der Waals surface area contributed by atoms with Crippen LogP contribution in [0.25, 0.3) is 10.2 Å². The molecule has 1 aromatic heterocycles. The topological polar surface area (TPSA) is 54.9 Å². The molecule has 0 aliphatic heterocycles. The van der Waals surface area contributed by atoms with Crippen LogP contribution in [-0.4, -0.2) is 57.2 Å². The Morgan fingerprint density at radius 2 is 1.76 bits per heavy atom. The molecular weight excluding hydrogens is 410 g/mol. The Labute approximate surface area is 181 Å². The third-order valence-corrected chi connectivity index (χ3v) is 5.50. The quantitative estimate of drug-likeness (QED) is 0.555. The molecule has 1 amide bonds. The molecule has 0 saturated heterocycles. The summed E-state index contributed by atoms with van der Waals surface area (Å²) in [7, 11) is 7.21. The highest BCUT2D eigenvalue weighted by molar-refractivity contribution is 7.22. The molecule has 3 rings (SSSR count). The highest BCUT2D eigenvalue weighted by Gasteiger charge is 2.23. The van der Waals surface area contributed by atoms with E-state index < -0.39 is 0 Å². The third kappa shape index (κ3) is 4.98. The van der Waals surface area contributed by atoms with Gasteiger partial charge in [0.15, 0.2) is 5.13 Å². The van der Waals surface area contributed by atoms with E-state index in [1.807, 2.05) is 62.3 Å². The van der Waals surface area contributed by atoms with E-state index >= 15 is 0 Å². The van der Waals surface area contributed by atoms with Crippen molar-refractivity contribution in [3.63, 3.8) is 0 Å². The van der Waals surface area contributed by atoms with Gasteiger partial charge >= 0.3 is 0 Å². The van der Waals surface area contributed by atoms with Gasteiger partial charge in [-0.2, -0.15) is 0 Å². The maximum absolute atomic E-state index is 13.3. The molecule has 0 aliphatic carbocycles. The first kappa shape index (κ1) is 22.9. The van der Waals surface area contributed by atoms with Crippen molar-refractivity contribution in [3.8, 4) is 11.5 Å². The van der Waals surface area contributed by atoms with Gasteiger partial charge in [-0.3, -0.25) is 9.69 Å². The summed E-state index contributed by atoms with van der Waals surface area (Å²) in [5.41, 5.74) is 2.40. The smallest absolute Gasteiger partial charge is 0.260 e. The zero-order valence-corrected chi connectivity index (χ0v) is 18.9. The predicted molar refractivity (Wildman–Crippen MR) is 121 cm³/mol. The highest BCUT2D eigenvalue weighted by atomic mass is 35.5. The minimum atomic E-state index is -0.0671. The largest absolute Gasteiger partial charge is 0.495 e. The van der Waals surface area contributed by atoms with Gasteiger partial charge in [-0.05, 0) is 45.3 Å². The monoisotopic (exact) mass is 435 g/mol. The summed E-state index contributed by atoms with van der Waals surface area (Å²) < 4.78 is 11.8. The van der Waals surface area contributed by atoms with Crippen molar-refractivity contribution in [2.24, 2.45) is 0 Å². The highest BCUT2D eigenvalue weighted by Crippen LogP contribution is 2.40. The van der Waals surface area contributed by atoms with Crippen LogP contribution in [-0.2, 0) is 0 Å². The number of ether oxygens (including phenoxy) is 2. The summed E-state index contributed by atoms with van der Waals surface area (Å²) in [6.07, 6.45) is 0. The molecule has 0 saturated carbocycles. The van der Waals surface area contributed by atoms with Gasteiger partial charge in [0.2, 0.25) is 0 Å². The van der Waals surface area contributed by atoms with Gasteiger partial charge < -0.3 is 14.4 Å². The summed E-state index contributed by atoms with van der Waals surface area (Å²) in [6, 6.07) is 11.3. The Balaban J connectivity index is 0.00000300. The summed E-state index contributed by atoms with van der Waals surface area (Å²) >= 11 is 1.44. The van der Waals surface area contributed by atoms with Crippen molar-refractivity contribution in [1.82, 2.24) is 9.88 Å². The van der Waals surface area contributed by atoms with Crippen LogP contribution in [0, 0.1) is 6.92 Å².